The van der Waals surface area contributed by atoms with Crippen molar-refractivity contribution in [3.05, 3.63) is 17.1 Å². The van der Waals surface area contributed by atoms with E-state index < -0.39 is 0 Å². The number of anilines is 1. The average Bonchev–Trinajstić information content (AvgIpc) is 2.58. The SMILES string of the molecule is CC1=Cc2[nH]c(C)nc2NC1.CCCC. The molecule has 0 aliphatic carbocycles. The summed E-state index contributed by atoms with van der Waals surface area (Å²) in [5, 5.41) is 3.22. The number of aryl methyl sites for hydroxylation is 1. The molecular weight excluding hydrogens is 186 g/mol. The molecule has 0 aromatic carbocycles. The number of nitrogens with one attached hydrogen (secondary N) is 2. The van der Waals surface area contributed by atoms with Gasteiger partial charge in [-0.25, -0.2) is 4.98 Å². The van der Waals surface area contributed by atoms with Crippen LogP contribution >= 0.6 is 0 Å². The molecule has 2 N–H and O–H groups in total. The zero-order valence-corrected chi connectivity index (χ0v) is 10.1. The van der Waals surface area contributed by atoms with Gasteiger partial charge in [-0.05, 0) is 19.9 Å². The molecular formula is C12H21N3. The van der Waals surface area contributed by atoms with Gasteiger partial charge in [0.1, 0.15) is 5.82 Å². The number of nitrogens with zero attached hydrogens (tertiary/aromatic N) is 1. The number of hydrogen-bond acceptors (Lipinski definition) is 2. The van der Waals surface area contributed by atoms with Crippen LogP contribution in [0.15, 0.2) is 5.57 Å². The lowest BCUT2D eigenvalue weighted by atomic mass is 10.2. The topological polar surface area (TPSA) is 40.7 Å². The highest BCUT2D eigenvalue weighted by Crippen LogP contribution is 2.19. The summed E-state index contributed by atoms with van der Waals surface area (Å²) >= 11 is 0. The molecule has 0 amide bonds. The van der Waals surface area contributed by atoms with Crippen LogP contribution in [0, 0.1) is 6.92 Å². The Balaban J connectivity index is 0.000000245. The summed E-state index contributed by atoms with van der Waals surface area (Å²) in [6, 6.07) is 0. The molecule has 3 nitrogen and oxygen atoms in total. The van der Waals surface area contributed by atoms with Crippen molar-refractivity contribution in [1.29, 1.82) is 0 Å². The van der Waals surface area contributed by atoms with Gasteiger partial charge in [-0.1, -0.05) is 32.3 Å². The first kappa shape index (κ1) is 11.8. The molecule has 2 heterocycles. The summed E-state index contributed by atoms with van der Waals surface area (Å²) in [5.41, 5.74) is 2.44. The third-order valence-electron chi connectivity index (χ3n) is 2.28. The third-order valence-corrected chi connectivity index (χ3v) is 2.28. The van der Waals surface area contributed by atoms with E-state index in [9.17, 15) is 0 Å². The van der Waals surface area contributed by atoms with Crippen molar-refractivity contribution in [2.24, 2.45) is 0 Å². The molecule has 0 spiro atoms. The number of H-pyrrole nitrogens is 1. The van der Waals surface area contributed by atoms with Gasteiger partial charge < -0.3 is 10.3 Å². The van der Waals surface area contributed by atoms with Crippen LogP contribution in [0.25, 0.3) is 6.08 Å². The number of aromatic amines is 1. The lowest BCUT2D eigenvalue weighted by molar-refractivity contribution is 0.886. The van der Waals surface area contributed by atoms with Crippen molar-refractivity contribution >= 4 is 11.9 Å². The number of imidazole rings is 1. The molecule has 0 saturated heterocycles. The van der Waals surface area contributed by atoms with Crippen LogP contribution in [0.1, 0.15) is 45.1 Å². The fourth-order valence-electron chi connectivity index (χ4n) is 1.27. The average molecular weight is 207 g/mol. The number of unbranched alkanes of at least 4 members (excludes halogenated alkanes) is 1. The van der Waals surface area contributed by atoms with Gasteiger partial charge in [0.15, 0.2) is 5.82 Å². The number of aromatic nitrogens is 2. The number of fused-ring (bicyclic) bond motifs is 1. The second-order valence-corrected chi connectivity index (χ2v) is 3.93. The van der Waals surface area contributed by atoms with Crippen molar-refractivity contribution in [2.45, 2.75) is 40.5 Å². The molecule has 0 bridgehead atoms. The van der Waals surface area contributed by atoms with Gasteiger partial charge in [-0.2, -0.15) is 0 Å². The first-order valence-electron chi connectivity index (χ1n) is 5.65. The van der Waals surface area contributed by atoms with Gasteiger partial charge in [-0.15, -0.1) is 0 Å². The van der Waals surface area contributed by atoms with E-state index in [4.69, 9.17) is 0 Å². The summed E-state index contributed by atoms with van der Waals surface area (Å²) in [6.07, 6.45) is 4.77. The monoisotopic (exact) mass is 207 g/mol. The van der Waals surface area contributed by atoms with E-state index in [0.717, 1.165) is 23.9 Å². The van der Waals surface area contributed by atoms with E-state index in [1.165, 1.54) is 18.4 Å². The Morgan fingerprint density at radius 2 is 1.93 bits per heavy atom. The minimum absolute atomic E-state index is 0.914. The summed E-state index contributed by atoms with van der Waals surface area (Å²) < 4.78 is 0. The summed E-state index contributed by atoms with van der Waals surface area (Å²) in [6.45, 7) is 9.34. The van der Waals surface area contributed by atoms with E-state index in [1.807, 2.05) is 6.92 Å². The van der Waals surface area contributed by atoms with Gasteiger partial charge in [0.25, 0.3) is 0 Å². The Labute approximate surface area is 92.0 Å². The van der Waals surface area contributed by atoms with Crippen molar-refractivity contribution in [2.75, 3.05) is 11.9 Å². The Kier molecular flexibility index (Phi) is 4.40. The second kappa shape index (κ2) is 5.59. The molecule has 1 aliphatic heterocycles. The van der Waals surface area contributed by atoms with Crippen molar-refractivity contribution < 1.29 is 0 Å². The molecule has 1 aromatic rings. The highest BCUT2D eigenvalue weighted by molar-refractivity contribution is 5.66. The van der Waals surface area contributed by atoms with Gasteiger partial charge in [0.05, 0.1) is 5.69 Å². The van der Waals surface area contributed by atoms with Gasteiger partial charge in [0, 0.05) is 6.54 Å². The summed E-state index contributed by atoms with van der Waals surface area (Å²) in [5.74, 6) is 1.95. The Morgan fingerprint density at radius 3 is 2.53 bits per heavy atom. The number of rotatable bonds is 1. The minimum Gasteiger partial charge on any atom is -0.365 e. The van der Waals surface area contributed by atoms with Crippen LogP contribution in [0.3, 0.4) is 0 Å². The zero-order chi connectivity index (χ0) is 11.3. The predicted molar refractivity (Wildman–Crippen MR) is 66.0 cm³/mol. The van der Waals surface area contributed by atoms with Crippen LogP contribution in [-0.4, -0.2) is 16.5 Å². The van der Waals surface area contributed by atoms with Crippen LogP contribution in [0.2, 0.25) is 0 Å². The highest BCUT2D eigenvalue weighted by Gasteiger charge is 2.09. The standard InChI is InChI=1S/C8H11N3.C4H10/c1-5-3-7-8(9-4-5)11-6(2)10-7;1-3-4-2/h3,9H,4H2,1-2H3,(H,10,11);3-4H2,1-2H3. The number of hydrogen-bond donors (Lipinski definition) is 2. The normalized spacial score (nSPS) is 13.2. The van der Waals surface area contributed by atoms with Crippen molar-refractivity contribution in [3.63, 3.8) is 0 Å². The largest absolute Gasteiger partial charge is 0.365 e. The molecule has 15 heavy (non-hydrogen) atoms. The van der Waals surface area contributed by atoms with Crippen LogP contribution < -0.4 is 5.32 Å². The van der Waals surface area contributed by atoms with E-state index in [0.29, 0.717) is 0 Å². The highest BCUT2D eigenvalue weighted by atomic mass is 15.1. The molecule has 84 valence electrons. The Hall–Kier alpha value is -1.25. The third kappa shape index (κ3) is 3.42. The van der Waals surface area contributed by atoms with E-state index in [2.05, 4.69) is 42.1 Å². The Bertz CT molecular complexity index is 335. The van der Waals surface area contributed by atoms with Gasteiger partial charge in [0.2, 0.25) is 0 Å². The lowest BCUT2D eigenvalue weighted by Gasteiger charge is -2.09. The zero-order valence-electron chi connectivity index (χ0n) is 10.1. The maximum Gasteiger partial charge on any atom is 0.152 e. The molecule has 1 aliphatic rings. The molecule has 2 rings (SSSR count). The van der Waals surface area contributed by atoms with Crippen molar-refractivity contribution in [1.82, 2.24) is 9.97 Å². The fourth-order valence-corrected chi connectivity index (χ4v) is 1.27. The summed E-state index contributed by atoms with van der Waals surface area (Å²) in [4.78, 5) is 7.45. The van der Waals surface area contributed by atoms with Gasteiger partial charge >= 0.3 is 0 Å². The minimum atomic E-state index is 0.914. The van der Waals surface area contributed by atoms with E-state index >= 15 is 0 Å². The molecule has 0 saturated carbocycles. The molecule has 1 aromatic heterocycles. The predicted octanol–water partition coefficient (Wildman–Crippen LogP) is 3.35. The van der Waals surface area contributed by atoms with Crippen LogP contribution in [0.5, 0.6) is 0 Å². The van der Waals surface area contributed by atoms with E-state index in [-0.39, 0.29) is 0 Å². The quantitative estimate of drug-likeness (QED) is 0.741. The van der Waals surface area contributed by atoms with E-state index in [1.54, 1.807) is 0 Å². The van der Waals surface area contributed by atoms with Gasteiger partial charge in [-0.3, -0.25) is 0 Å². The van der Waals surface area contributed by atoms with Crippen LogP contribution in [-0.2, 0) is 0 Å². The fraction of sp³-hybridized carbons (Fsp3) is 0.583. The van der Waals surface area contributed by atoms with Crippen molar-refractivity contribution in [3.8, 4) is 0 Å². The Morgan fingerprint density at radius 1 is 1.27 bits per heavy atom. The molecule has 3 heteroatoms. The summed E-state index contributed by atoms with van der Waals surface area (Å²) in [7, 11) is 0. The molecule has 0 fully saturated rings. The van der Waals surface area contributed by atoms with Crippen LogP contribution in [0.4, 0.5) is 5.82 Å². The molecule has 0 atom stereocenters. The first-order valence-corrected chi connectivity index (χ1v) is 5.65. The maximum absolute atomic E-state index is 4.27. The smallest absolute Gasteiger partial charge is 0.152 e. The lowest BCUT2D eigenvalue weighted by Crippen LogP contribution is -2.08. The molecule has 0 radical (unpaired) electrons. The maximum atomic E-state index is 4.27. The second-order valence-electron chi connectivity index (χ2n) is 3.93. The molecule has 0 unspecified atom stereocenters. The first-order chi connectivity index (χ1) is 7.17.